The van der Waals surface area contributed by atoms with Gasteiger partial charge in [0.2, 0.25) is 0 Å². The van der Waals surface area contributed by atoms with E-state index < -0.39 is 0 Å². The Hall–Kier alpha value is -2.99. The van der Waals surface area contributed by atoms with Crippen LogP contribution in [0, 0.1) is 0 Å². The van der Waals surface area contributed by atoms with Gasteiger partial charge in [-0.15, -0.1) is 0 Å². The van der Waals surface area contributed by atoms with Crippen molar-refractivity contribution in [3.05, 3.63) is 59.8 Å². The van der Waals surface area contributed by atoms with Crippen LogP contribution in [-0.2, 0) is 6.54 Å². The van der Waals surface area contributed by atoms with E-state index in [1.165, 1.54) is 25.7 Å². The molecule has 2 N–H and O–H groups in total. The minimum Gasteiger partial charge on any atom is -0.497 e. The van der Waals surface area contributed by atoms with Gasteiger partial charge in [0.15, 0.2) is 0 Å². The van der Waals surface area contributed by atoms with Crippen molar-refractivity contribution in [2.45, 2.75) is 57.2 Å². The number of H-pyrrole nitrogens is 1. The Labute approximate surface area is 195 Å². The average molecular weight is 448 g/mol. The van der Waals surface area contributed by atoms with Gasteiger partial charge in [-0.2, -0.15) is 0 Å². The van der Waals surface area contributed by atoms with Crippen molar-refractivity contribution < 1.29 is 14.3 Å². The summed E-state index contributed by atoms with van der Waals surface area (Å²) < 4.78 is 11.8. The van der Waals surface area contributed by atoms with Crippen LogP contribution in [0.1, 0.15) is 54.4 Å². The molecule has 2 heterocycles. The number of ether oxygens (including phenoxy) is 2. The predicted molar refractivity (Wildman–Crippen MR) is 130 cm³/mol. The average Bonchev–Trinajstić information content (AvgIpc) is 3.56. The predicted octanol–water partition coefficient (Wildman–Crippen LogP) is 4.89. The minimum absolute atomic E-state index is 0.135. The van der Waals surface area contributed by atoms with E-state index in [1.807, 2.05) is 42.6 Å². The SMILES string of the molecule is COc1ccc(OC2CCN(C3CCCC3)CC2)c(C(=O)NCc2cccc3[nH]ccc23)c1. The van der Waals surface area contributed by atoms with Gasteiger partial charge in [-0.1, -0.05) is 25.0 Å². The van der Waals surface area contributed by atoms with Crippen LogP contribution in [0.15, 0.2) is 48.7 Å². The molecule has 174 valence electrons. The Morgan fingerprint density at radius 2 is 1.91 bits per heavy atom. The highest BCUT2D eigenvalue weighted by molar-refractivity contribution is 5.97. The third kappa shape index (κ3) is 4.86. The number of carbonyl (C=O) groups excluding carboxylic acids is 1. The van der Waals surface area contributed by atoms with E-state index in [2.05, 4.69) is 15.2 Å². The molecule has 1 amide bonds. The molecule has 0 unspecified atom stereocenters. The standard InChI is InChI=1S/C27H33N3O3/c1-32-22-9-10-26(33-21-12-15-30(16-13-21)20-6-2-3-7-20)24(17-22)27(31)29-18-19-5-4-8-25-23(19)11-14-28-25/h4-5,8-11,14,17,20-21,28H,2-3,6-7,12-13,15-16,18H2,1H3,(H,29,31). The maximum Gasteiger partial charge on any atom is 0.255 e. The molecule has 6 nitrogen and oxygen atoms in total. The Morgan fingerprint density at radius 1 is 1.09 bits per heavy atom. The maximum atomic E-state index is 13.2. The number of likely N-dealkylation sites (tertiary alicyclic amines) is 1. The highest BCUT2D eigenvalue weighted by atomic mass is 16.5. The van der Waals surface area contributed by atoms with Gasteiger partial charge in [0, 0.05) is 42.8 Å². The normalized spacial score (nSPS) is 18.0. The minimum atomic E-state index is -0.153. The van der Waals surface area contributed by atoms with Crippen molar-refractivity contribution in [1.82, 2.24) is 15.2 Å². The molecule has 1 aliphatic carbocycles. The molecular formula is C27H33N3O3. The van der Waals surface area contributed by atoms with Crippen LogP contribution in [0.4, 0.5) is 0 Å². The molecule has 1 saturated carbocycles. The molecule has 2 aliphatic rings. The lowest BCUT2D eigenvalue weighted by Crippen LogP contribution is -2.43. The number of rotatable bonds is 7. The molecule has 2 aromatic carbocycles. The summed E-state index contributed by atoms with van der Waals surface area (Å²) in [6.45, 7) is 2.60. The van der Waals surface area contributed by atoms with Crippen LogP contribution < -0.4 is 14.8 Å². The largest absolute Gasteiger partial charge is 0.497 e. The van der Waals surface area contributed by atoms with E-state index in [9.17, 15) is 4.79 Å². The fraction of sp³-hybridized carbons (Fsp3) is 0.444. The molecule has 3 aromatic rings. The Morgan fingerprint density at radius 3 is 2.70 bits per heavy atom. The second kappa shape index (κ2) is 9.87. The summed E-state index contributed by atoms with van der Waals surface area (Å²) in [7, 11) is 1.61. The van der Waals surface area contributed by atoms with E-state index in [1.54, 1.807) is 13.2 Å². The highest BCUT2D eigenvalue weighted by Gasteiger charge is 2.28. The third-order valence-corrected chi connectivity index (χ3v) is 7.17. The number of fused-ring (bicyclic) bond motifs is 1. The van der Waals surface area contributed by atoms with Gasteiger partial charge >= 0.3 is 0 Å². The van der Waals surface area contributed by atoms with Gasteiger partial charge < -0.3 is 24.7 Å². The van der Waals surface area contributed by atoms with E-state index in [0.29, 0.717) is 23.6 Å². The van der Waals surface area contributed by atoms with Crippen LogP contribution in [0.5, 0.6) is 11.5 Å². The lowest BCUT2D eigenvalue weighted by molar-refractivity contribution is 0.0749. The van der Waals surface area contributed by atoms with Crippen LogP contribution in [0.2, 0.25) is 0 Å². The van der Waals surface area contributed by atoms with E-state index in [4.69, 9.17) is 9.47 Å². The van der Waals surface area contributed by atoms with Gasteiger partial charge in [-0.3, -0.25) is 4.79 Å². The molecule has 1 aromatic heterocycles. The number of nitrogens with zero attached hydrogens (tertiary/aromatic N) is 1. The van der Waals surface area contributed by atoms with Gasteiger partial charge in [-0.05, 0) is 61.6 Å². The first-order valence-corrected chi connectivity index (χ1v) is 12.1. The summed E-state index contributed by atoms with van der Waals surface area (Å²) in [5.74, 6) is 1.13. The quantitative estimate of drug-likeness (QED) is 0.541. The monoisotopic (exact) mass is 447 g/mol. The summed E-state index contributed by atoms with van der Waals surface area (Å²) in [5, 5.41) is 4.19. The summed E-state index contributed by atoms with van der Waals surface area (Å²) in [5.41, 5.74) is 2.66. The molecule has 0 spiro atoms. The van der Waals surface area contributed by atoms with Crippen molar-refractivity contribution in [1.29, 1.82) is 0 Å². The second-order valence-corrected chi connectivity index (χ2v) is 9.19. The molecule has 1 aliphatic heterocycles. The number of hydrogen-bond acceptors (Lipinski definition) is 4. The first-order valence-electron chi connectivity index (χ1n) is 12.1. The highest BCUT2D eigenvalue weighted by Crippen LogP contribution is 2.30. The molecule has 0 atom stereocenters. The lowest BCUT2D eigenvalue weighted by Gasteiger charge is -2.36. The number of methoxy groups -OCH3 is 1. The molecule has 0 bridgehead atoms. The zero-order valence-corrected chi connectivity index (χ0v) is 19.3. The number of hydrogen-bond donors (Lipinski definition) is 2. The molecule has 33 heavy (non-hydrogen) atoms. The van der Waals surface area contributed by atoms with Crippen molar-refractivity contribution in [2.24, 2.45) is 0 Å². The van der Waals surface area contributed by atoms with Crippen molar-refractivity contribution >= 4 is 16.8 Å². The Kier molecular flexibility index (Phi) is 6.53. The lowest BCUT2D eigenvalue weighted by atomic mass is 10.0. The zero-order valence-electron chi connectivity index (χ0n) is 19.3. The first-order chi connectivity index (χ1) is 16.2. The Balaban J connectivity index is 1.26. The number of aromatic nitrogens is 1. The summed E-state index contributed by atoms with van der Waals surface area (Å²) in [4.78, 5) is 19.0. The fourth-order valence-electron chi connectivity index (χ4n) is 5.30. The van der Waals surface area contributed by atoms with E-state index in [0.717, 1.165) is 48.4 Å². The number of amides is 1. The zero-order chi connectivity index (χ0) is 22.6. The summed E-state index contributed by atoms with van der Waals surface area (Å²) in [6.07, 6.45) is 9.46. The van der Waals surface area contributed by atoms with Crippen LogP contribution >= 0.6 is 0 Å². The van der Waals surface area contributed by atoms with Crippen LogP contribution in [0.25, 0.3) is 10.9 Å². The molecule has 0 radical (unpaired) electrons. The van der Waals surface area contributed by atoms with Crippen molar-refractivity contribution in [3.8, 4) is 11.5 Å². The topological polar surface area (TPSA) is 66.6 Å². The van der Waals surface area contributed by atoms with E-state index in [-0.39, 0.29) is 12.0 Å². The first kappa shape index (κ1) is 21.8. The number of carbonyl (C=O) groups is 1. The van der Waals surface area contributed by atoms with Crippen molar-refractivity contribution in [2.75, 3.05) is 20.2 Å². The maximum absolute atomic E-state index is 13.2. The molecule has 2 fully saturated rings. The van der Waals surface area contributed by atoms with Gasteiger partial charge in [-0.25, -0.2) is 0 Å². The molecule has 6 heteroatoms. The molecule has 1 saturated heterocycles. The Bertz CT molecular complexity index is 1090. The van der Waals surface area contributed by atoms with Gasteiger partial charge in [0.25, 0.3) is 5.91 Å². The van der Waals surface area contributed by atoms with Gasteiger partial charge in [0.05, 0.1) is 12.7 Å². The molecule has 5 rings (SSSR count). The van der Waals surface area contributed by atoms with Gasteiger partial charge in [0.1, 0.15) is 17.6 Å². The molecular weight excluding hydrogens is 414 g/mol. The third-order valence-electron chi connectivity index (χ3n) is 7.17. The second-order valence-electron chi connectivity index (χ2n) is 9.19. The van der Waals surface area contributed by atoms with E-state index >= 15 is 0 Å². The number of aromatic amines is 1. The summed E-state index contributed by atoms with van der Waals surface area (Å²) >= 11 is 0. The summed E-state index contributed by atoms with van der Waals surface area (Å²) in [6, 6.07) is 14.4. The number of benzene rings is 2. The van der Waals surface area contributed by atoms with Crippen LogP contribution in [-0.4, -0.2) is 48.1 Å². The number of piperidine rings is 1. The fourth-order valence-corrected chi connectivity index (χ4v) is 5.30. The van der Waals surface area contributed by atoms with Crippen LogP contribution in [0.3, 0.4) is 0 Å². The van der Waals surface area contributed by atoms with Crippen molar-refractivity contribution in [3.63, 3.8) is 0 Å². The number of nitrogens with one attached hydrogen (secondary N) is 2. The smallest absolute Gasteiger partial charge is 0.255 e.